The molecule has 2 aromatic rings. The number of nitrogens with one attached hydrogen (secondary N) is 3. The van der Waals surface area contributed by atoms with Gasteiger partial charge in [0.05, 0.1) is 17.8 Å². The third-order valence-electron chi connectivity index (χ3n) is 7.88. The lowest BCUT2D eigenvalue weighted by Crippen LogP contribution is -2.61. The van der Waals surface area contributed by atoms with E-state index < -0.39 is 44.9 Å². The van der Waals surface area contributed by atoms with E-state index in [2.05, 4.69) is 15.4 Å². The number of amides is 3. The number of anilines is 1. The number of carbonyl (C=O) groups is 3. The van der Waals surface area contributed by atoms with Crippen molar-refractivity contribution < 1.29 is 22.8 Å². The number of para-hydroxylation sites is 1. The second-order valence-electron chi connectivity index (χ2n) is 13.1. The molecule has 0 heterocycles. The van der Waals surface area contributed by atoms with Gasteiger partial charge in [-0.1, -0.05) is 97.0 Å². The van der Waals surface area contributed by atoms with Crippen LogP contribution in [-0.2, 0) is 29.8 Å². The Morgan fingerprint density at radius 3 is 1.95 bits per heavy atom. The highest BCUT2D eigenvalue weighted by Crippen LogP contribution is 2.29. The molecule has 0 fully saturated rings. The van der Waals surface area contributed by atoms with Crippen LogP contribution in [0, 0.1) is 11.3 Å². The summed E-state index contributed by atoms with van der Waals surface area (Å²) in [5.41, 5.74) is 5.66. The van der Waals surface area contributed by atoms with Gasteiger partial charge in [-0.15, -0.1) is 0 Å². The summed E-state index contributed by atoms with van der Waals surface area (Å²) >= 11 is 0. The fourth-order valence-electron chi connectivity index (χ4n) is 5.14. The molecule has 2 aromatic carbocycles. The molecule has 0 saturated heterocycles. The SMILES string of the molecule is CN[C@H](C(=O)NC(C(=O)N(C)[C@H](/C=C(\C)C(=O)NS(=O)(=O)c1ccccc1N)C(C)C)C(C)(C)C)C(C)(C)c1ccccc1. The maximum Gasteiger partial charge on any atom is 0.266 e. The zero-order chi connectivity index (χ0) is 33.6. The monoisotopic (exact) mass is 627 g/mol. The average molecular weight is 628 g/mol. The molecule has 0 aliphatic heterocycles. The molecule has 0 bridgehead atoms. The van der Waals surface area contributed by atoms with Crippen molar-refractivity contribution in [2.24, 2.45) is 11.3 Å². The quantitative estimate of drug-likeness (QED) is 0.207. The fraction of sp³-hybridized carbons (Fsp3) is 0.485. The maximum atomic E-state index is 14.1. The van der Waals surface area contributed by atoms with Crippen LogP contribution in [0.25, 0.3) is 0 Å². The maximum absolute atomic E-state index is 14.1. The van der Waals surface area contributed by atoms with Gasteiger partial charge in [0.2, 0.25) is 11.8 Å². The van der Waals surface area contributed by atoms with Crippen LogP contribution < -0.4 is 21.1 Å². The number of likely N-dealkylation sites (N-methyl/N-ethyl adjacent to an activating group) is 2. The van der Waals surface area contributed by atoms with Gasteiger partial charge in [-0.2, -0.15) is 0 Å². The van der Waals surface area contributed by atoms with E-state index in [0.717, 1.165) is 5.56 Å². The molecule has 11 heteroatoms. The topological polar surface area (TPSA) is 151 Å². The van der Waals surface area contributed by atoms with Crippen LogP contribution in [0.5, 0.6) is 0 Å². The van der Waals surface area contributed by atoms with E-state index in [4.69, 9.17) is 5.73 Å². The van der Waals surface area contributed by atoms with E-state index in [9.17, 15) is 22.8 Å². The smallest absolute Gasteiger partial charge is 0.266 e. The third kappa shape index (κ3) is 8.69. The van der Waals surface area contributed by atoms with Crippen LogP contribution in [0.15, 0.2) is 71.1 Å². The lowest BCUT2D eigenvalue weighted by atomic mass is 9.76. The lowest BCUT2D eigenvalue weighted by molar-refractivity contribution is -0.140. The average Bonchev–Trinajstić information content (AvgIpc) is 2.93. The highest BCUT2D eigenvalue weighted by molar-refractivity contribution is 7.90. The van der Waals surface area contributed by atoms with Crippen LogP contribution in [0.2, 0.25) is 0 Å². The van der Waals surface area contributed by atoms with Gasteiger partial charge in [0.25, 0.3) is 15.9 Å². The Morgan fingerprint density at radius 1 is 0.909 bits per heavy atom. The lowest BCUT2D eigenvalue weighted by Gasteiger charge is -2.40. The van der Waals surface area contributed by atoms with Crippen molar-refractivity contribution in [1.82, 2.24) is 20.3 Å². The van der Waals surface area contributed by atoms with Gasteiger partial charge in [0.1, 0.15) is 10.9 Å². The van der Waals surface area contributed by atoms with E-state index in [0.29, 0.717) is 0 Å². The number of sulfonamides is 1. The van der Waals surface area contributed by atoms with Crippen LogP contribution >= 0.6 is 0 Å². The molecule has 10 nitrogen and oxygen atoms in total. The molecule has 2 rings (SSSR count). The standard InChI is InChI=1S/C33H49N5O5S/c1-21(2)25(20-22(3)29(39)37-44(42,43)26-19-15-14-18-24(26)34)38(10)31(41)28(32(4,5)6)36-30(40)27(35-9)33(7,8)23-16-12-11-13-17-23/h11-21,25,27-28,35H,34H2,1-10H3,(H,36,40)(H,37,39)/b22-20+/t25-,27-,28?/m1/s1. The van der Waals surface area contributed by atoms with E-state index in [1.807, 2.05) is 78.8 Å². The number of nitrogen functional groups attached to an aromatic ring is 1. The summed E-state index contributed by atoms with van der Waals surface area (Å²) in [6, 6.07) is 13.4. The molecule has 0 aromatic heterocycles. The van der Waals surface area contributed by atoms with Gasteiger partial charge >= 0.3 is 0 Å². The Labute approximate surface area is 262 Å². The Balaban J connectivity index is 2.34. The van der Waals surface area contributed by atoms with Gasteiger partial charge in [0.15, 0.2) is 0 Å². The first-order valence-electron chi connectivity index (χ1n) is 14.7. The summed E-state index contributed by atoms with van der Waals surface area (Å²) < 4.78 is 27.7. The van der Waals surface area contributed by atoms with Gasteiger partial charge in [-0.3, -0.25) is 14.4 Å². The first-order chi connectivity index (χ1) is 20.2. The van der Waals surface area contributed by atoms with Crippen molar-refractivity contribution >= 4 is 33.4 Å². The number of hydrogen-bond acceptors (Lipinski definition) is 7. The number of benzene rings is 2. The number of carbonyl (C=O) groups excluding carboxylic acids is 3. The van der Waals surface area contributed by atoms with Crippen molar-refractivity contribution in [1.29, 1.82) is 0 Å². The second kappa shape index (κ2) is 14.4. The summed E-state index contributed by atoms with van der Waals surface area (Å²) in [4.78, 5) is 42.1. The van der Waals surface area contributed by atoms with Crippen molar-refractivity contribution in [3.05, 3.63) is 71.8 Å². The van der Waals surface area contributed by atoms with Crippen molar-refractivity contribution in [2.75, 3.05) is 19.8 Å². The number of nitrogens with zero attached hydrogens (tertiary/aromatic N) is 1. The summed E-state index contributed by atoms with van der Waals surface area (Å²) in [6.45, 7) is 14.8. The Hall–Kier alpha value is -3.70. The molecule has 242 valence electrons. The summed E-state index contributed by atoms with van der Waals surface area (Å²) in [6.07, 6.45) is 1.57. The fourth-order valence-corrected chi connectivity index (χ4v) is 6.30. The van der Waals surface area contributed by atoms with Gasteiger partial charge in [0, 0.05) is 18.0 Å². The molecule has 1 unspecified atom stereocenters. The van der Waals surface area contributed by atoms with Gasteiger partial charge in [-0.25, -0.2) is 13.1 Å². The number of hydrogen-bond donors (Lipinski definition) is 4. The predicted molar refractivity (Wildman–Crippen MR) is 175 cm³/mol. The molecule has 5 N–H and O–H groups in total. The normalized spacial score (nSPS) is 14.8. The molecule has 0 spiro atoms. The summed E-state index contributed by atoms with van der Waals surface area (Å²) in [5, 5.41) is 6.14. The minimum atomic E-state index is -4.22. The highest BCUT2D eigenvalue weighted by Gasteiger charge is 2.41. The van der Waals surface area contributed by atoms with Crippen LogP contribution in [-0.4, -0.2) is 63.3 Å². The Bertz CT molecular complexity index is 1460. The molecule has 0 saturated carbocycles. The second-order valence-corrected chi connectivity index (χ2v) is 14.8. The molecular formula is C33H49N5O5S. The van der Waals surface area contributed by atoms with Crippen LogP contribution in [0.4, 0.5) is 5.69 Å². The van der Waals surface area contributed by atoms with Crippen LogP contribution in [0.3, 0.4) is 0 Å². The molecule has 3 atom stereocenters. The minimum absolute atomic E-state index is 0.0164. The van der Waals surface area contributed by atoms with Crippen LogP contribution in [0.1, 0.15) is 61.0 Å². The number of nitrogens with two attached hydrogens (primary N) is 1. The zero-order valence-corrected chi connectivity index (χ0v) is 28.4. The van der Waals surface area contributed by atoms with Crippen molar-refractivity contribution in [2.45, 2.75) is 83.8 Å². The van der Waals surface area contributed by atoms with E-state index >= 15 is 0 Å². The van der Waals surface area contributed by atoms with Crippen molar-refractivity contribution in [3.8, 4) is 0 Å². The van der Waals surface area contributed by atoms with Crippen molar-refractivity contribution in [3.63, 3.8) is 0 Å². The van der Waals surface area contributed by atoms with E-state index in [1.54, 1.807) is 26.2 Å². The highest BCUT2D eigenvalue weighted by atomic mass is 32.2. The first kappa shape index (κ1) is 36.5. The molecular weight excluding hydrogens is 578 g/mol. The van der Waals surface area contributed by atoms with Gasteiger partial charge < -0.3 is 21.3 Å². The predicted octanol–water partition coefficient (Wildman–Crippen LogP) is 3.60. The molecule has 44 heavy (non-hydrogen) atoms. The molecule has 0 radical (unpaired) electrons. The molecule has 3 amide bonds. The third-order valence-corrected chi connectivity index (χ3v) is 9.29. The number of rotatable bonds is 12. The first-order valence-corrected chi connectivity index (χ1v) is 16.1. The largest absolute Gasteiger partial charge is 0.398 e. The Kier molecular flexibility index (Phi) is 11.9. The summed E-state index contributed by atoms with van der Waals surface area (Å²) in [7, 11) is -0.884. The molecule has 0 aliphatic rings. The molecule has 0 aliphatic carbocycles. The van der Waals surface area contributed by atoms with E-state index in [-0.39, 0.29) is 33.9 Å². The Morgan fingerprint density at radius 2 is 1.45 bits per heavy atom. The summed E-state index contributed by atoms with van der Waals surface area (Å²) in [5.74, 6) is -1.64. The van der Waals surface area contributed by atoms with Gasteiger partial charge in [-0.05, 0) is 43.0 Å². The minimum Gasteiger partial charge on any atom is -0.398 e. The zero-order valence-electron chi connectivity index (χ0n) is 27.6. The van der Waals surface area contributed by atoms with E-state index in [1.165, 1.54) is 30.0 Å².